The Morgan fingerprint density at radius 1 is 0.411 bits per heavy atom. The third kappa shape index (κ3) is 12.9. The lowest BCUT2D eigenvalue weighted by molar-refractivity contribution is 0.0775. The van der Waals surface area contributed by atoms with E-state index in [4.69, 9.17) is 0 Å². The lowest BCUT2D eigenvalue weighted by atomic mass is 9.97. The second kappa shape index (κ2) is 21.2. The molecule has 0 amide bonds. The summed E-state index contributed by atoms with van der Waals surface area (Å²) in [7, 11) is 4.35. The predicted molar refractivity (Wildman–Crippen MR) is 231 cm³/mol. The van der Waals surface area contributed by atoms with Crippen LogP contribution in [0.3, 0.4) is 0 Å². The second-order valence-corrected chi connectivity index (χ2v) is 15.3. The molecule has 0 saturated carbocycles. The zero-order valence-electron chi connectivity index (χ0n) is 33.0. The molecule has 0 aliphatic carbocycles. The van der Waals surface area contributed by atoms with Gasteiger partial charge in [-0.1, -0.05) is 146 Å². The van der Waals surface area contributed by atoms with Gasteiger partial charge in [0.05, 0.1) is 0 Å². The molecule has 6 aromatic rings. The Balaban J connectivity index is 1.38. The highest BCUT2D eigenvalue weighted by Crippen LogP contribution is 2.23. The molecule has 0 fully saturated rings. The number of rotatable bonds is 21. The summed E-state index contributed by atoms with van der Waals surface area (Å²) < 4.78 is 0. The average molecular weight is 747 g/mol. The van der Waals surface area contributed by atoms with Crippen molar-refractivity contribution in [2.24, 2.45) is 0 Å². The maximum Gasteiger partial charge on any atom is 0.115 e. The van der Waals surface area contributed by atoms with E-state index in [0.717, 1.165) is 58.5 Å². The summed E-state index contributed by atoms with van der Waals surface area (Å²) in [4.78, 5) is 7.76. The Hall–Kier alpha value is -5.24. The average Bonchev–Trinajstić information content (AvgIpc) is 3.22. The third-order valence-corrected chi connectivity index (χ3v) is 10.8. The summed E-state index contributed by atoms with van der Waals surface area (Å²) in [5, 5.41) is 24.2. The normalized spacial score (nSPS) is 13.2. The fraction of sp³-hybridized carbons (Fsp3) is 0.280. The van der Waals surface area contributed by atoms with E-state index in [1.54, 1.807) is 12.1 Å². The van der Waals surface area contributed by atoms with Gasteiger partial charge in [0.1, 0.15) is 11.5 Å². The van der Waals surface area contributed by atoms with Gasteiger partial charge in [-0.25, -0.2) is 0 Å². The Labute approximate surface area is 334 Å². The van der Waals surface area contributed by atoms with Crippen LogP contribution >= 0.6 is 0 Å². The van der Waals surface area contributed by atoms with Crippen LogP contribution in [0.5, 0.6) is 11.5 Å². The summed E-state index contributed by atoms with van der Waals surface area (Å²) >= 11 is 0. The van der Waals surface area contributed by atoms with E-state index < -0.39 is 0 Å². The van der Waals surface area contributed by atoms with Gasteiger partial charge in [0.15, 0.2) is 0 Å². The molecule has 3 atom stereocenters. The number of nitrogens with zero attached hydrogens (tertiary/aromatic N) is 3. The van der Waals surface area contributed by atoms with Crippen LogP contribution in [0.15, 0.2) is 170 Å². The fourth-order valence-corrected chi connectivity index (χ4v) is 7.59. The van der Waals surface area contributed by atoms with Gasteiger partial charge in [-0.3, -0.25) is 9.80 Å². The molecule has 3 N–H and O–H groups in total. The first-order valence-corrected chi connectivity index (χ1v) is 19.9. The third-order valence-electron chi connectivity index (χ3n) is 10.8. The molecule has 6 aromatic carbocycles. The maximum absolute atomic E-state index is 10.3. The van der Waals surface area contributed by atoms with Crippen LogP contribution in [0, 0.1) is 0 Å². The molecule has 6 nitrogen and oxygen atoms in total. The largest absolute Gasteiger partial charge is 0.508 e. The van der Waals surface area contributed by atoms with Gasteiger partial charge < -0.3 is 20.4 Å². The first kappa shape index (κ1) is 40.4. The van der Waals surface area contributed by atoms with Crippen molar-refractivity contribution in [2.45, 2.75) is 57.0 Å². The number of likely N-dealkylation sites (N-methyl/N-ethyl adjacent to an activating group) is 1. The standard InChI is InChI=1S/C50H58N4O2/c1-52(2)47(32-41-23-27-49(55)28-24-41)38-54(37-45-21-13-6-14-22-45)48(33-42-25-29-50(56)30-26-42)39-53(36-44-19-11-5-12-20-44)46(31-40-15-7-3-8-16-40)35-51-34-43-17-9-4-10-18-43/h3-30,46-48,51,55-56H,31-39H2,1-2H3. The fourth-order valence-electron chi connectivity index (χ4n) is 7.59. The number of phenols is 2. The van der Waals surface area contributed by atoms with E-state index in [1.807, 2.05) is 24.3 Å². The minimum atomic E-state index is 0.137. The molecule has 0 bridgehead atoms. The molecule has 0 spiro atoms. The highest BCUT2D eigenvalue weighted by molar-refractivity contribution is 5.28. The summed E-state index contributed by atoms with van der Waals surface area (Å²) in [6.45, 7) is 4.96. The van der Waals surface area contributed by atoms with Gasteiger partial charge >= 0.3 is 0 Å². The van der Waals surface area contributed by atoms with Crippen LogP contribution in [-0.2, 0) is 38.9 Å². The summed E-state index contributed by atoms with van der Waals surface area (Å²) in [5.41, 5.74) is 7.59. The monoisotopic (exact) mass is 746 g/mol. The van der Waals surface area contributed by atoms with Gasteiger partial charge in [0, 0.05) is 57.4 Å². The molecular weight excluding hydrogens is 689 g/mol. The van der Waals surface area contributed by atoms with Crippen LogP contribution in [-0.4, -0.2) is 76.8 Å². The number of nitrogens with one attached hydrogen (secondary N) is 1. The number of benzene rings is 6. The molecule has 6 rings (SSSR count). The van der Waals surface area contributed by atoms with Crippen molar-refractivity contribution in [3.63, 3.8) is 0 Å². The van der Waals surface area contributed by atoms with E-state index in [-0.39, 0.29) is 29.6 Å². The molecule has 0 aliphatic rings. The van der Waals surface area contributed by atoms with Crippen molar-refractivity contribution in [1.29, 1.82) is 0 Å². The van der Waals surface area contributed by atoms with Crippen molar-refractivity contribution in [3.8, 4) is 11.5 Å². The van der Waals surface area contributed by atoms with Crippen LogP contribution in [0.25, 0.3) is 0 Å². The van der Waals surface area contributed by atoms with E-state index in [9.17, 15) is 10.2 Å². The molecule has 0 radical (unpaired) electrons. The minimum absolute atomic E-state index is 0.137. The number of phenolic OH excluding ortho intramolecular Hbond substituents is 2. The molecule has 0 aliphatic heterocycles. The predicted octanol–water partition coefficient (Wildman–Crippen LogP) is 8.59. The number of hydrogen-bond donors (Lipinski definition) is 3. The van der Waals surface area contributed by atoms with Gasteiger partial charge in [0.25, 0.3) is 0 Å². The van der Waals surface area contributed by atoms with Crippen molar-refractivity contribution >= 4 is 0 Å². The van der Waals surface area contributed by atoms with Crippen molar-refractivity contribution in [2.75, 3.05) is 33.7 Å². The smallest absolute Gasteiger partial charge is 0.115 e. The number of hydrogen-bond acceptors (Lipinski definition) is 6. The highest BCUT2D eigenvalue weighted by Gasteiger charge is 2.29. The molecule has 3 unspecified atom stereocenters. The number of aromatic hydroxyl groups is 2. The Bertz CT molecular complexity index is 1960. The topological polar surface area (TPSA) is 62.2 Å². The highest BCUT2D eigenvalue weighted by atomic mass is 16.3. The Kier molecular flexibility index (Phi) is 15.3. The maximum atomic E-state index is 10.3. The summed E-state index contributed by atoms with van der Waals surface area (Å²) in [5.74, 6) is 0.572. The SMILES string of the molecule is CN(C)C(Cc1ccc(O)cc1)CN(Cc1ccccc1)C(Cc1ccc(O)cc1)CN(Cc1ccccc1)C(CNCc1ccccc1)Cc1ccccc1. The van der Waals surface area contributed by atoms with Crippen LogP contribution in [0.4, 0.5) is 0 Å². The zero-order chi connectivity index (χ0) is 39.0. The zero-order valence-corrected chi connectivity index (χ0v) is 33.0. The van der Waals surface area contributed by atoms with Gasteiger partial charge in [-0.05, 0) is 91.0 Å². The second-order valence-electron chi connectivity index (χ2n) is 15.3. The van der Waals surface area contributed by atoms with Crippen LogP contribution in [0.2, 0.25) is 0 Å². The van der Waals surface area contributed by atoms with E-state index in [2.05, 4.69) is 168 Å². The quantitative estimate of drug-likeness (QED) is 0.0687. The Morgan fingerprint density at radius 3 is 1.23 bits per heavy atom. The van der Waals surface area contributed by atoms with E-state index >= 15 is 0 Å². The first-order valence-electron chi connectivity index (χ1n) is 19.9. The summed E-state index contributed by atoms with van der Waals surface area (Å²) in [6, 6.07) is 59.3. The molecule has 56 heavy (non-hydrogen) atoms. The lowest BCUT2D eigenvalue weighted by Gasteiger charge is -2.41. The van der Waals surface area contributed by atoms with Crippen LogP contribution < -0.4 is 5.32 Å². The van der Waals surface area contributed by atoms with Crippen molar-refractivity contribution in [1.82, 2.24) is 20.0 Å². The van der Waals surface area contributed by atoms with Crippen molar-refractivity contribution < 1.29 is 10.2 Å². The summed E-state index contributed by atoms with van der Waals surface area (Å²) in [6.07, 6.45) is 2.60. The molecule has 0 heterocycles. The van der Waals surface area contributed by atoms with Gasteiger partial charge in [-0.2, -0.15) is 0 Å². The van der Waals surface area contributed by atoms with E-state index in [0.29, 0.717) is 0 Å². The minimum Gasteiger partial charge on any atom is -0.508 e. The van der Waals surface area contributed by atoms with Gasteiger partial charge in [-0.15, -0.1) is 0 Å². The lowest BCUT2D eigenvalue weighted by Crippen LogP contribution is -2.53. The molecule has 6 heteroatoms. The Morgan fingerprint density at radius 2 is 0.768 bits per heavy atom. The van der Waals surface area contributed by atoms with E-state index in [1.165, 1.54) is 33.4 Å². The van der Waals surface area contributed by atoms with Crippen LogP contribution in [0.1, 0.15) is 33.4 Å². The molecule has 0 aromatic heterocycles. The van der Waals surface area contributed by atoms with Crippen molar-refractivity contribution in [3.05, 3.63) is 203 Å². The molecular formula is C50H58N4O2. The molecule has 290 valence electrons. The first-order chi connectivity index (χ1) is 27.4. The van der Waals surface area contributed by atoms with Gasteiger partial charge in [0.2, 0.25) is 0 Å². The molecule has 0 saturated heterocycles.